The third kappa shape index (κ3) is 3.75. The molecule has 0 bridgehead atoms. The summed E-state index contributed by atoms with van der Waals surface area (Å²) in [4.78, 5) is 13.7. The Morgan fingerprint density at radius 1 is 1.00 bits per heavy atom. The molecule has 0 saturated heterocycles. The molecular formula is C19H16N4OS. The molecule has 1 N–H and O–H groups in total. The van der Waals surface area contributed by atoms with Gasteiger partial charge in [-0.2, -0.15) is 0 Å². The van der Waals surface area contributed by atoms with Crippen molar-refractivity contribution in [3.8, 4) is 5.75 Å². The van der Waals surface area contributed by atoms with Gasteiger partial charge in [-0.05, 0) is 35.2 Å². The van der Waals surface area contributed by atoms with Gasteiger partial charge in [0.15, 0.2) is 0 Å². The van der Waals surface area contributed by atoms with Crippen LogP contribution in [0.3, 0.4) is 0 Å². The summed E-state index contributed by atoms with van der Waals surface area (Å²) >= 11 is 1.62. The number of pyridine rings is 1. The molecular weight excluding hydrogens is 332 g/mol. The zero-order valence-corrected chi connectivity index (χ0v) is 14.2. The first kappa shape index (κ1) is 15.5. The van der Waals surface area contributed by atoms with Crippen LogP contribution in [0.15, 0.2) is 66.6 Å². The van der Waals surface area contributed by atoms with Gasteiger partial charge < -0.3 is 10.1 Å². The number of aromatic nitrogens is 3. The van der Waals surface area contributed by atoms with Gasteiger partial charge in [0.1, 0.15) is 29.3 Å². The predicted octanol–water partition coefficient (Wildman–Crippen LogP) is 4.28. The minimum atomic E-state index is 0.516. The van der Waals surface area contributed by atoms with Crippen LogP contribution in [0.4, 0.5) is 5.82 Å². The number of nitrogens with one attached hydrogen (secondary N) is 1. The van der Waals surface area contributed by atoms with Crippen molar-refractivity contribution in [2.45, 2.75) is 13.2 Å². The van der Waals surface area contributed by atoms with Crippen molar-refractivity contribution in [3.63, 3.8) is 0 Å². The average molecular weight is 348 g/mol. The molecule has 0 radical (unpaired) electrons. The number of nitrogens with zero attached hydrogens (tertiary/aromatic N) is 3. The highest BCUT2D eigenvalue weighted by Crippen LogP contribution is 2.24. The van der Waals surface area contributed by atoms with Crippen LogP contribution in [0.2, 0.25) is 0 Å². The van der Waals surface area contributed by atoms with Gasteiger partial charge in [0.25, 0.3) is 0 Å². The normalized spacial score (nSPS) is 10.7. The van der Waals surface area contributed by atoms with Gasteiger partial charge in [-0.1, -0.05) is 18.2 Å². The van der Waals surface area contributed by atoms with E-state index >= 15 is 0 Å². The minimum Gasteiger partial charge on any atom is -0.489 e. The highest BCUT2D eigenvalue weighted by molar-refractivity contribution is 7.16. The first-order valence-corrected chi connectivity index (χ1v) is 8.79. The molecule has 4 rings (SSSR count). The predicted molar refractivity (Wildman–Crippen MR) is 99.8 cm³/mol. The Labute approximate surface area is 149 Å². The fourth-order valence-electron chi connectivity index (χ4n) is 2.47. The summed E-state index contributed by atoms with van der Waals surface area (Å²) in [7, 11) is 0. The highest BCUT2D eigenvalue weighted by atomic mass is 32.1. The van der Waals surface area contributed by atoms with E-state index in [4.69, 9.17) is 4.74 Å². The fraction of sp³-hybridized carbons (Fsp3) is 0.105. The highest BCUT2D eigenvalue weighted by Gasteiger charge is 2.04. The Bertz CT molecular complexity index is 954. The molecule has 3 aromatic heterocycles. The van der Waals surface area contributed by atoms with Crippen molar-refractivity contribution in [2.24, 2.45) is 0 Å². The van der Waals surface area contributed by atoms with Crippen LogP contribution in [0.1, 0.15) is 11.1 Å². The maximum absolute atomic E-state index is 5.78. The molecule has 6 heteroatoms. The Balaban J connectivity index is 1.36. The molecule has 0 unspecified atom stereocenters. The van der Waals surface area contributed by atoms with E-state index in [1.54, 1.807) is 23.9 Å². The first-order valence-electron chi connectivity index (χ1n) is 7.91. The van der Waals surface area contributed by atoms with Crippen molar-refractivity contribution >= 4 is 27.4 Å². The summed E-state index contributed by atoms with van der Waals surface area (Å²) in [6, 6.07) is 14.0. The smallest absolute Gasteiger partial charge is 0.138 e. The summed E-state index contributed by atoms with van der Waals surface area (Å²) in [5.74, 6) is 1.71. The molecule has 0 fully saturated rings. The second-order valence-electron chi connectivity index (χ2n) is 5.51. The number of rotatable bonds is 6. The molecule has 0 aliphatic heterocycles. The van der Waals surface area contributed by atoms with Crippen LogP contribution in [0, 0.1) is 0 Å². The van der Waals surface area contributed by atoms with Crippen LogP contribution < -0.4 is 10.1 Å². The SMILES string of the molecule is c1cncc(COc2ccc(CNc3ncnc4sccc34)cc2)c1. The number of anilines is 1. The Hall–Kier alpha value is -2.99. The molecule has 25 heavy (non-hydrogen) atoms. The van der Waals surface area contributed by atoms with Gasteiger partial charge in [0.2, 0.25) is 0 Å². The molecule has 0 aliphatic carbocycles. The molecule has 124 valence electrons. The lowest BCUT2D eigenvalue weighted by molar-refractivity contribution is 0.305. The third-order valence-corrected chi connectivity index (χ3v) is 4.59. The van der Waals surface area contributed by atoms with E-state index in [0.717, 1.165) is 32.9 Å². The Morgan fingerprint density at radius 2 is 1.92 bits per heavy atom. The number of ether oxygens (including phenoxy) is 1. The molecule has 3 heterocycles. The van der Waals surface area contributed by atoms with E-state index in [1.807, 2.05) is 41.9 Å². The maximum atomic E-state index is 5.78. The number of hydrogen-bond donors (Lipinski definition) is 1. The lowest BCUT2D eigenvalue weighted by Crippen LogP contribution is -2.02. The van der Waals surface area contributed by atoms with Crippen molar-refractivity contribution in [3.05, 3.63) is 77.7 Å². The second kappa shape index (κ2) is 7.27. The number of hydrogen-bond acceptors (Lipinski definition) is 6. The van der Waals surface area contributed by atoms with E-state index in [2.05, 4.69) is 32.4 Å². The minimum absolute atomic E-state index is 0.516. The quantitative estimate of drug-likeness (QED) is 0.564. The average Bonchev–Trinajstić information content (AvgIpc) is 3.16. The monoisotopic (exact) mass is 348 g/mol. The van der Waals surface area contributed by atoms with Crippen molar-refractivity contribution < 1.29 is 4.74 Å². The molecule has 4 aromatic rings. The molecule has 1 aromatic carbocycles. The van der Waals surface area contributed by atoms with E-state index in [9.17, 15) is 0 Å². The fourth-order valence-corrected chi connectivity index (χ4v) is 3.20. The van der Waals surface area contributed by atoms with E-state index in [-0.39, 0.29) is 0 Å². The van der Waals surface area contributed by atoms with E-state index in [1.165, 1.54) is 0 Å². The number of benzene rings is 1. The summed E-state index contributed by atoms with van der Waals surface area (Å²) < 4.78 is 5.78. The third-order valence-electron chi connectivity index (χ3n) is 3.77. The molecule has 0 aliphatic rings. The van der Waals surface area contributed by atoms with Crippen LogP contribution in [-0.4, -0.2) is 15.0 Å². The van der Waals surface area contributed by atoms with Crippen LogP contribution in [0.25, 0.3) is 10.2 Å². The maximum Gasteiger partial charge on any atom is 0.138 e. The van der Waals surface area contributed by atoms with Gasteiger partial charge in [0, 0.05) is 24.5 Å². The van der Waals surface area contributed by atoms with Crippen LogP contribution in [0.5, 0.6) is 5.75 Å². The first-order chi connectivity index (χ1) is 12.4. The van der Waals surface area contributed by atoms with Crippen LogP contribution in [-0.2, 0) is 13.2 Å². The summed E-state index contributed by atoms with van der Waals surface area (Å²) in [5.41, 5.74) is 2.22. The van der Waals surface area contributed by atoms with Gasteiger partial charge in [-0.25, -0.2) is 9.97 Å². The van der Waals surface area contributed by atoms with Gasteiger partial charge in [-0.15, -0.1) is 11.3 Å². The summed E-state index contributed by atoms with van der Waals surface area (Å²) in [5, 5.41) is 6.46. The van der Waals surface area contributed by atoms with E-state index in [0.29, 0.717) is 13.2 Å². The second-order valence-corrected chi connectivity index (χ2v) is 6.40. The molecule has 0 atom stereocenters. The topological polar surface area (TPSA) is 59.9 Å². The van der Waals surface area contributed by atoms with Gasteiger partial charge in [-0.3, -0.25) is 4.98 Å². The molecule has 0 saturated carbocycles. The van der Waals surface area contributed by atoms with Gasteiger partial charge in [0.05, 0.1) is 5.39 Å². The summed E-state index contributed by atoms with van der Waals surface area (Å²) in [6.07, 6.45) is 5.16. The van der Waals surface area contributed by atoms with Crippen molar-refractivity contribution in [2.75, 3.05) is 5.32 Å². The number of fused-ring (bicyclic) bond motifs is 1. The van der Waals surface area contributed by atoms with Crippen LogP contribution >= 0.6 is 11.3 Å². The van der Waals surface area contributed by atoms with Gasteiger partial charge >= 0.3 is 0 Å². The standard InChI is InChI=1S/C19H16N4OS/c1-2-15(10-20-8-1)12-24-16-5-3-14(4-6-16)11-21-18-17-7-9-25-19(17)23-13-22-18/h1-10,13H,11-12H2,(H,21,22,23). The summed E-state index contributed by atoms with van der Waals surface area (Å²) in [6.45, 7) is 1.22. The molecule has 0 spiro atoms. The lowest BCUT2D eigenvalue weighted by atomic mass is 10.2. The Morgan fingerprint density at radius 3 is 2.76 bits per heavy atom. The Kier molecular flexibility index (Phi) is 4.52. The van der Waals surface area contributed by atoms with Crippen molar-refractivity contribution in [1.29, 1.82) is 0 Å². The molecule has 0 amide bonds. The lowest BCUT2D eigenvalue weighted by Gasteiger charge is -2.09. The largest absolute Gasteiger partial charge is 0.489 e. The van der Waals surface area contributed by atoms with Crippen molar-refractivity contribution in [1.82, 2.24) is 15.0 Å². The van der Waals surface area contributed by atoms with E-state index < -0.39 is 0 Å². The zero-order chi connectivity index (χ0) is 16.9. The number of thiophene rings is 1. The molecule has 5 nitrogen and oxygen atoms in total. The zero-order valence-electron chi connectivity index (χ0n) is 13.4.